The van der Waals surface area contributed by atoms with E-state index in [1.54, 1.807) is 0 Å². The fourth-order valence-corrected chi connectivity index (χ4v) is 2.49. The van der Waals surface area contributed by atoms with Gasteiger partial charge in [-0.1, -0.05) is 0 Å². The summed E-state index contributed by atoms with van der Waals surface area (Å²) in [4.78, 5) is 4.07. The molecule has 0 fully saturated rings. The zero-order chi connectivity index (χ0) is 12.5. The molecule has 1 aliphatic carbocycles. The number of nitrogens with one attached hydrogen (secondary N) is 3. The van der Waals surface area contributed by atoms with Crippen molar-refractivity contribution in [1.29, 1.82) is 0 Å². The lowest BCUT2D eigenvalue weighted by atomic mass is 10.1. The molecule has 2 aliphatic rings. The van der Waals surface area contributed by atoms with Gasteiger partial charge in [-0.2, -0.15) is 5.43 Å². The minimum Gasteiger partial charge on any atom is -0.603 e. The number of aryl methyl sites for hydroxylation is 2. The minimum absolute atomic E-state index is 0.0297. The van der Waals surface area contributed by atoms with Crippen LogP contribution in [0, 0.1) is 5.21 Å². The summed E-state index contributed by atoms with van der Waals surface area (Å²) in [5.74, 6) is 0.416. The molecule has 1 atom stereocenters. The monoisotopic (exact) mass is 248 g/mol. The third-order valence-corrected chi connectivity index (χ3v) is 3.33. The molecule has 1 aliphatic heterocycles. The number of guanidine groups is 1. The van der Waals surface area contributed by atoms with Gasteiger partial charge < -0.3 is 15.6 Å². The van der Waals surface area contributed by atoms with Gasteiger partial charge in [-0.25, -0.2) is 10.2 Å². The highest BCUT2D eigenvalue weighted by atomic mass is 16.5. The Hall–Kier alpha value is -1.63. The van der Waals surface area contributed by atoms with Gasteiger partial charge in [-0.15, -0.1) is 0 Å². The molecule has 0 bridgehead atoms. The van der Waals surface area contributed by atoms with E-state index in [2.05, 4.69) is 15.7 Å². The quantitative estimate of drug-likeness (QED) is 0.530. The number of aliphatic hydroxyl groups is 1. The van der Waals surface area contributed by atoms with Crippen molar-refractivity contribution in [2.45, 2.75) is 19.3 Å². The minimum atomic E-state index is -0.130. The predicted molar refractivity (Wildman–Crippen MR) is 68.6 cm³/mol. The van der Waals surface area contributed by atoms with Crippen molar-refractivity contribution in [3.05, 3.63) is 28.5 Å². The van der Waals surface area contributed by atoms with Gasteiger partial charge in [0.05, 0.1) is 13.2 Å². The molecule has 1 unspecified atom stereocenters. The standard InChI is InChI=1S/C12H16N4O2/c17-5-4-13-12-14-10-6-8-2-1-3-9(8)7-11(10)16(18)15-12/h6-7,16-17H,1-5H2,(H2,13,14,15). The van der Waals surface area contributed by atoms with Gasteiger partial charge in [0, 0.05) is 6.07 Å². The summed E-state index contributed by atoms with van der Waals surface area (Å²) in [7, 11) is 0. The summed E-state index contributed by atoms with van der Waals surface area (Å²) in [6, 6.07) is 4.02. The van der Waals surface area contributed by atoms with Crippen LogP contribution in [0.2, 0.25) is 0 Å². The number of benzene rings is 1. The average molecular weight is 248 g/mol. The highest BCUT2D eigenvalue weighted by Crippen LogP contribution is 2.30. The van der Waals surface area contributed by atoms with E-state index in [4.69, 9.17) is 5.11 Å². The number of rotatable bonds is 2. The van der Waals surface area contributed by atoms with Crippen LogP contribution in [0.4, 0.5) is 11.4 Å². The van der Waals surface area contributed by atoms with Gasteiger partial charge in [0.1, 0.15) is 5.69 Å². The van der Waals surface area contributed by atoms with E-state index in [9.17, 15) is 5.21 Å². The molecule has 6 nitrogen and oxygen atoms in total. The van der Waals surface area contributed by atoms with Gasteiger partial charge in [0.25, 0.3) is 0 Å². The van der Waals surface area contributed by atoms with Crippen LogP contribution in [0.5, 0.6) is 0 Å². The Labute approximate surface area is 105 Å². The lowest BCUT2D eigenvalue weighted by molar-refractivity contribution is -0.816. The maximum absolute atomic E-state index is 12.0. The Morgan fingerprint density at radius 3 is 2.89 bits per heavy atom. The van der Waals surface area contributed by atoms with Crippen molar-refractivity contribution in [2.24, 2.45) is 4.99 Å². The summed E-state index contributed by atoms with van der Waals surface area (Å²) in [5.41, 5.74) is 6.78. The van der Waals surface area contributed by atoms with Gasteiger partial charge in [0.2, 0.25) is 5.96 Å². The SMILES string of the molecule is [O-][NH+]1NC(=NCCO)Nc2cc3c(cc21)CCC3. The van der Waals surface area contributed by atoms with E-state index in [1.165, 1.54) is 11.1 Å². The van der Waals surface area contributed by atoms with Gasteiger partial charge in [-0.3, -0.25) is 0 Å². The molecular formula is C12H16N4O2. The second-order valence-electron chi connectivity index (χ2n) is 4.55. The lowest BCUT2D eigenvalue weighted by Crippen LogP contribution is -3.11. The maximum atomic E-state index is 12.0. The number of hydrogen-bond donors (Lipinski definition) is 4. The Kier molecular flexibility index (Phi) is 2.91. The van der Waals surface area contributed by atoms with Crippen molar-refractivity contribution >= 4 is 17.3 Å². The van der Waals surface area contributed by atoms with Crippen molar-refractivity contribution < 1.29 is 10.3 Å². The van der Waals surface area contributed by atoms with E-state index in [0.29, 0.717) is 11.6 Å². The Balaban J connectivity index is 1.94. The zero-order valence-electron chi connectivity index (χ0n) is 9.99. The summed E-state index contributed by atoms with van der Waals surface area (Å²) in [6.45, 7) is 0.251. The largest absolute Gasteiger partial charge is 0.603 e. The molecule has 0 saturated carbocycles. The highest BCUT2D eigenvalue weighted by molar-refractivity contribution is 5.96. The van der Waals surface area contributed by atoms with Crippen LogP contribution < -0.4 is 15.9 Å². The molecular weight excluding hydrogens is 232 g/mol. The first kappa shape index (κ1) is 11.5. The molecule has 0 saturated heterocycles. The lowest BCUT2D eigenvalue weighted by Gasteiger charge is -2.30. The van der Waals surface area contributed by atoms with Gasteiger partial charge in [-0.05, 0) is 36.5 Å². The normalized spacial score (nSPS) is 23.2. The van der Waals surface area contributed by atoms with Gasteiger partial charge in [0.15, 0.2) is 5.69 Å². The fraction of sp³-hybridized carbons (Fsp3) is 0.417. The van der Waals surface area contributed by atoms with Crippen LogP contribution in [0.25, 0.3) is 0 Å². The van der Waals surface area contributed by atoms with E-state index in [-0.39, 0.29) is 18.3 Å². The molecule has 18 heavy (non-hydrogen) atoms. The molecule has 1 aromatic rings. The molecule has 6 heteroatoms. The fourth-order valence-electron chi connectivity index (χ4n) is 2.49. The number of hydrogen-bond acceptors (Lipinski definition) is 3. The molecule has 0 spiro atoms. The zero-order valence-corrected chi connectivity index (χ0v) is 9.99. The van der Waals surface area contributed by atoms with Crippen LogP contribution >= 0.6 is 0 Å². The van der Waals surface area contributed by atoms with E-state index in [1.807, 2.05) is 12.1 Å². The average Bonchev–Trinajstić information content (AvgIpc) is 2.81. The van der Waals surface area contributed by atoms with Crippen molar-refractivity contribution in [3.63, 3.8) is 0 Å². The van der Waals surface area contributed by atoms with Crippen LogP contribution in [-0.2, 0) is 12.8 Å². The number of nitrogens with zero attached hydrogens (tertiary/aromatic N) is 1. The molecule has 0 radical (unpaired) electrons. The molecule has 0 aromatic heterocycles. The smallest absolute Gasteiger partial charge is 0.243 e. The number of aliphatic hydroxyl groups excluding tert-OH is 1. The van der Waals surface area contributed by atoms with Gasteiger partial charge >= 0.3 is 0 Å². The molecule has 1 heterocycles. The van der Waals surface area contributed by atoms with Crippen LogP contribution in [0.1, 0.15) is 17.5 Å². The summed E-state index contributed by atoms with van der Waals surface area (Å²) in [6.07, 6.45) is 3.29. The van der Waals surface area contributed by atoms with Crippen LogP contribution in [0.15, 0.2) is 17.1 Å². The Morgan fingerprint density at radius 1 is 1.33 bits per heavy atom. The molecule has 0 amide bonds. The third kappa shape index (κ3) is 1.94. The number of aliphatic imine (C=N–C) groups is 1. The predicted octanol–water partition coefficient (Wildman–Crippen LogP) is -0.532. The third-order valence-electron chi connectivity index (χ3n) is 3.33. The maximum Gasteiger partial charge on any atom is 0.243 e. The van der Waals surface area contributed by atoms with Crippen LogP contribution in [0.3, 0.4) is 0 Å². The molecule has 4 N–H and O–H groups in total. The van der Waals surface area contributed by atoms with Crippen LogP contribution in [-0.4, -0.2) is 24.2 Å². The van der Waals surface area contributed by atoms with Crippen molar-refractivity contribution in [2.75, 3.05) is 18.5 Å². The van der Waals surface area contributed by atoms with E-state index < -0.39 is 0 Å². The first-order valence-electron chi connectivity index (χ1n) is 6.17. The number of quaternary nitrogens is 1. The van der Waals surface area contributed by atoms with Crippen molar-refractivity contribution in [3.8, 4) is 0 Å². The first-order valence-corrected chi connectivity index (χ1v) is 6.17. The van der Waals surface area contributed by atoms with E-state index in [0.717, 1.165) is 24.9 Å². The highest BCUT2D eigenvalue weighted by Gasteiger charge is 2.23. The first-order chi connectivity index (χ1) is 8.78. The summed E-state index contributed by atoms with van der Waals surface area (Å²) >= 11 is 0. The molecule has 1 aromatic carbocycles. The second-order valence-corrected chi connectivity index (χ2v) is 4.55. The summed E-state index contributed by atoms with van der Waals surface area (Å²) in [5, 5.41) is 23.7. The number of anilines is 1. The molecule has 3 rings (SSSR count). The Morgan fingerprint density at radius 2 is 2.11 bits per heavy atom. The molecule has 96 valence electrons. The summed E-state index contributed by atoms with van der Waals surface area (Å²) < 4.78 is 0. The number of fused-ring (bicyclic) bond motifs is 2. The van der Waals surface area contributed by atoms with E-state index >= 15 is 0 Å². The topological polar surface area (TPSA) is 84.2 Å². The Bertz CT molecular complexity index is 501. The second kappa shape index (κ2) is 4.56. The van der Waals surface area contributed by atoms with Crippen molar-refractivity contribution in [1.82, 2.24) is 5.43 Å².